The second-order valence-corrected chi connectivity index (χ2v) is 7.95. The topological polar surface area (TPSA) is 79.2 Å². The molecular weight excluding hydrogens is 391 g/mol. The zero-order chi connectivity index (χ0) is 20.9. The smallest absolute Gasteiger partial charge is 0.317 e. The van der Waals surface area contributed by atoms with Crippen LogP contribution >= 0.6 is 11.8 Å². The first-order valence-corrected chi connectivity index (χ1v) is 10.2. The summed E-state index contributed by atoms with van der Waals surface area (Å²) in [7, 11) is 0. The van der Waals surface area contributed by atoms with Crippen molar-refractivity contribution in [3.05, 3.63) is 59.4 Å². The minimum atomic E-state index is -0.819. The second kappa shape index (κ2) is 9.10. The van der Waals surface area contributed by atoms with E-state index in [2.05, 4.69) is 5.32 Å². The zero-order valence-electron chi connectivity index (χ0n) is 16.0. The van der Waals surface area contributed by atoms with Crippen LogP contribution in [0.4, 0.5) is 10.1 Å². The van der Waals surface area contributed by atoms with Gasteiger partial charge in [-0.05, 0) is 73.0 Å². The molecule has 150 valence electrons. The van der Waals surface area contributed by atoms with E-state index in [1.807, 2.05) is 12.3 Å². The van der Waals surface area contributed by atoms with Gasteiger partial charge in [-0.25, -0.2) is 4.39 Å². The number of nitriles is 1. The standard InChI is InChI=1S/C22H21FN2O3S/c1-15-12-18(29-14-24)8-9-19(15)25-20(26)13-28-21(27)22(10-2-3-11-22)16-4-6-17(23)7-5-16/h4-9,12H,2-3,10-11,13H2,1H3,(H,25,26). The maximum atomic E-state index is 13.3. The van der Waals surface area contributed by atoms with Gasteiger partial charge in [0.1, 0.15) is 11.2 Å². The molecule has 0 aliphatic heterocycles. The third kappa shape index (κ3) is 4.77. The molecule has 1 fully saturated rings. The van der Waals surface area contributed by atoms with Crippen LogP contribution in [-0.4, -0.2) is 18.5 Å². The highest BCUT2D eigenvalue weighted by atomic mass is 32.2. The molecule has 0 bridgehead atoms. The summed E-state index contributed by atoms with van der Waals surface area (Å²) in [5.74, 6) is -1.24. The number of nitrogens with zero attached hydrogens (tertiary/aromatic N) is 1. The quantitative estimate of drug-likeness (QED) is 0.423. The Labute approximate surface area is 173 Å². The summed E-state index contributed by atoms with van der Waals surface area (Å²) in [4.78, 5) is 25.9. The van der Waals surface area contributed by atoms with Crippen LogP contribution in [0.3, 0.4) is 0 Å². The molecule has 1 saturated carbocycles. The van der Waals surface area contributed by atoms with Crippen LogP contribution in [0.25, 0.3) is 0 Å². The number of halogens is 1. The lowest BCUT2D eigenvalue weighted by Crippen LogP contribution is -2.36. The van der Waals surface area contributed by atoms with Crippen LogP contribution in [0.1, 0.15) is 36.8 Å². The molecule has 3 rings (SSSR count). The fourth-order valence-corrected chi connectivity index (χ4v) is 4.18. The fourth-order valence-electron chi connectivity index (χ4n) is 3.71. The Morgan fingerprint density at radius 2 is 1.90 bits per heavy atom. The first kappa shape index (κ1) is 20.9. The average molecular weight is 412 g/mol. The predicted octanol–water partition coefficient (Wildman–Crippen LogP) is 4.70. The summed E-state index contributed by atoms with van der Waals surface area (Å²) >= 11 is 1.04. The number of ether oxygens (including phenoxy) is 1. The largest absolute Gasteiger partial charge is 0.455 e. The van der Waals surface area contributed by atoms with E-state index in [9.17, 15) is 14.0 Å². The van der Waals surface area contributed by atoms with Gasteiger partial charge in [-0.3, -0.25) is 9.59 Å². The number of rotatable bonds is 6. The van der Waals surface area contributed by atoms with E-state index < -0.39 is 23.9 Å². The molecule has 0 saturated heterocycles. The SMILES string of the molecule is Cc1cc(SC#N)ccc1NC(=O)COC(=O)C1(c2ccc(F)cc2)CCCC1. The number of hydrogen-bond donors (Lipinski definition) is 1. The number of aryl methyl sites for hydroxylation is 1. The summed E-state index contributed by atoms with van der Waals surface area (Å²) in [5.41, 5.74) is 1.31. The number of thiocyanates is 1. The van der Waals surface area contributed by atoms with Crippen LogP contribution in [-0.2, 0) is 19.7 Å². The average Bonchev–Trinajstić information content (AvgIpc) is 3.20. The molecule has 5 nitrogen and oxygen atoms in total. The molecule has 0 heterocycles. The molecular formula is C22H21FN2O3S. The summed E-state index contributed by atoms with van der Waals surface area (Å²) < 4.78 is 18.6. The van der Waals surface area contributed by atoms with Crippen molar-refractivity contribution in [2.45, 2.75) is 42.9 Å². The number of amides is 1. The maximum Gasteiger partial charge on any atom is 0.317 e. The Kier molecular flexibility index (Phi) is 6.55. The molecule has 29 heavy (non-hydrogen) atoms. The molecule has 2 aromatic carbocycles. The van der Waals surface area contributed by atoms with Gasteiger partial charge in [-0.15, -0.1) is 0 Å². The highest BCUT2D eigenvalue weighted by Crippen LogP contribution is 2.42. The minimum Gasteiger partial charge on any atom is -0.455 e. The number of nitrogens with one attached hydrogen (secondary N) is 1. The Morgan fingerprint density at radius 1 is 1.21 bits per heavy atom. The van der Waals surface area contributed by atoms with Gasteiger partial charge in [0.25, 0.3) is 5.91 Å². The summed E-state index contributed by atoms with van der Waals surface area (Å²) in [6.45, 7) is 1.43. The van der Waals surface area contributed by atoms with E-state index in [-0.39, 0.29) is 5.82 Å². The molecule has 0 spiro atoms. The van der Waals surface area contributed by atoms with Gasteiger partial charge in [0, 0.05) is 10.6 Å². The lowest BCUT2D eigenvalue weighted by atomic mass is 9.79. The zero-order valence-corrected chi connectivity index (χ0v) is 16.9. The van der Waals surface area contributed by atoms with E-state index in [4.69, 9.17) is 10.00 Å². The van der Waals surface area contributed by atoms with Gasteiger partial charge in [0.2, 0.25) is 0 Å². The normalized spacial score (nSPS) is 14.8. The summed E-state index contributed by atoms with van der Waals surface area (Å²) in [5, 5.41) is 13.5. The third-order valence-corrected chi connectivity index (χ3v) is 5.80. The molecule has 1 aliphatic rings. The fraction of sp³-hybridized carbons (Fsp3) is 0.318. The van der Waals surface area contributed by atoms with Crippen molar-refractivity contribution in [1.29, 1.82) is 5.26 Å². The number of thioether (sulfide) groups is 1. The molecule has 1 N–H and O–H groups in total. The van der Waals surface area contributed by atoms with E-state index in [1.165, 1.54) is 12.1 Å². The highest BCUT2D eigenvalue weighted by molar-refractivity contribution is 8.03. The number of carbonyl (C=O) groups is 2. The van der Waals surface area contributed by atoms with Crippen LogP contribution in [0.15, 0.2) is 47.4 Å². The molecule has 0 unspecified atom stereocenters. The molecule has 0 aromatic heterocycles. The lowest BCUT2D eigenvalue weighted by molar-refractivity contribution is -0.153. The molecule has 1 aliphatic carbocycles. The van der Waals surface area contributed by atoms with E-state index in [1.54, 1.807) is 30.3 Å². The molecule has 7 heteroatoms. The van der Waals surface area contributed by atoms with Crippen molar-refractivity contribution in [3.8, 4) is 5.40 Å². The van der Waals surface area contributed by atoms with Gasteiger partial charge in [-0.2, -0.15) is 5.26 Å². The Morgan fingerprint density at radius 3 is 2.52 bits per heavy atom. The maximum absolute atomic E-state index is 13.3. The number of hydrogen-bond acceptors (Lipinski definition) is 5. The number of esters is 1. The van der Waals surface area contributed by atoms with Crippen LogP contribution < -0.4 is 5.32 Å². The Bertz CT molecular complexity index is 948. The molecule has 0 radical (unpaired) electrons. The third-order valence-electron chi connectivity index (χ3n) is 5.21. The van der Waals surface area contributed by atoms with Gasteiger partial charge in [0.05, 0.1) is 5.41 Å². The van der Waals surface area contributed by atoms with Gasteiger partial charge >= 0.3 is 5.97 Å². The first-order valence-electron chi connectivity index (χ1n) is 9.34. The van der Waals surface area contributed by atoms with Crippen molar-refractivity contribution in [3.63, 3.8) is 0 Å². The summed E-state index contributed by atoms with van der Waals surface area (Å²) in [6.07, 6.45) is 3.00. The first-order chi connectivity index (χ1) is 13.9. The van der Waals surface area contributed by atoms with Gasteiger partial charge in [-0.1, -0.05) is 25.0 Å². The van der Waals surface area contributed by atoms with Crippen molar-refractivity contribution >= 4 is 29.3 Å². The Hall–Kier alpha value is -2.85. The predicted molar refractivity (Wildman–Crippen MR) is 109 cm³/mol. The highest BCUT2D eigenvalue weighted by Gasteiger charge is 2.44. The second-order valence-electron chi connectivity index (χ2n) is 7.09. The van der Waals surface area contributed by atoms with Crippen LogP contribution in [0.5, 0.6) is 0 Å². The molecule has 2 aromatic rings. The number of anilines is 1. The Balaban J connectivity index is 1.64. The van der Waals surface area contributed by atoms with E-state index in [0.29, 0.717) is 18.5 Å². The van der Waals surface area contributed by atoms with Gasteiger partial charge in [0.15, 0.2) is 6.61 Å². The van der Waals surface area contributed by atoms with Crippen molar-refractivity contribution in [2.24, 2.45) is 0 Å². The number of benzene rings is 2. The van der Waals surface area contributed by atoms with Crippen molar-refractivity contribution < 1.29 is 18.7 Å². The number of carbonyl (C=O) groups excluding carboxylic acids is 2. The minimum absolute atomic E-state index is 0.357. The van der Waals surface area contributed by atoms with Crippen molar-refractivity contribution in [1.82, 2.24) is 0 Å². The van der Waals surface area contributed by atoms with Crippen molar-refractivity contribution in [2.75, 3.05) is 11.9 Å². The van der Waals surface area contributed by atoms with Gasteiger partial charge < -0.3 is 10.1 Å². The molecule has 0 atom stereocenters. The lowest BCUT2D eigenvalue weighted by Gasteiger charge is -2.27. The van der Waals surface area contributed by atoms with E-state index >= 15 is 0 Å². The monoisotopic (exact) mass is 412 g/mol. The summed E-state index contributed by atoms with van der Waals surface area (Å²) in [6, 6.07) is 11.2. The van der Waals surface area contributed by atoms with E-state index in [0.717, 1.165) is 40.6 Å². The molecule has 1 amide bonds. The van der Waals surface area contributed by atoms with Crippen LogP contribution in [0.2, 0.25) is 0 Å². The van der Waals surface area contributed by atoms with Crippen LogP contribution in [0, 0.1) is 23.4 Å².